The zero-order valence-corrected chi connectivity index (χ0v) is 12.7. The van der Waals surface area contributed by atoms with Crippen LogP contribution < -0.4 is 5.32 Å². The van der Waals surface area contributed by atoms with Gasteiger partial charge in [-0.25, -0.2) is 9.18 Å². The Balaban J connectivity index is 2.64. The van der Waals surface area contributed by atoms with Crippen molar-refractivity contribution in [2.45, 2.75) is 33.3 Å². The number of halogens is 1. The van der Waals surface area contributed by atoms with E-state index < -0.39 is 17.5 Å². The summed E-state index contributed by atoms with van der Waals surface area (Å²) in [6, 6.07) is 3.96. The topological polar surface area (TPSA) is 55.4 Å². The first-order valence-electron chi connectivity index (χ1n) is 6.63. The van der Waals surface area contributed by atoms with Gasteiger partial charge in [0.25, 0.3) is 0 Å². The lowest BCUT2D eigenvalue weighted by atomic mass is 10.0. The normalized spacial score (nSPS) is 11.5. The number of Topliss-reactive ketones (excluding diaryl/α,β-unsaturated/α-hetero) is 1. The summed E-state index contributed by atoms with van der Waals surface area (Å²) >= 11 is 0. The van der Waals surface area contributed by atoms with E-state index in [0.29, 0.717) is 11.1 Å². The molecule has 0 atom stereocenters. The monoisotopic (exact) mass is 293 g/mol. The lowest BCUT2D eigenvalue weighted by molar-refractivity contribution is 0.0534. The first-order valence-corrected chi connectivity index (χ1v) is 6.63. The maximum Gasteiger partial charge on any atom is 0.407 e. The maximum absolute atomic E-state index is 13.2. The molecule has 1 rings (SSSR count). The summed E-state index contributed by atoms with van der Waals surface area (Å²) in [5.74, 6) is -0.561. The smallest absolute Gasteiger partial charge is 0.407 e. The minimum atomic E-state index is -0.557. The number of rotatable bonds is 4. The molecule has 21 heavy (non-hydrogen) atoms. The molecule has 5 heteroatoms. The number of hydrogen-bond donors (Lipinski definition) is 1. The Morgan fingerprint density at radius 1 is 1.33 bits per heavy atom. The van der Waals surface area contributed by atoms with Crippen molar-refractivity contribution in [2.24, 2.45) is 0 Å². The standard InChI is InChI=1S/C16H20FNO3/c1-11(19)14-8-7-13(17)10-12(14)6-5-9-18-15(20)21-16(2,3)4/h5-8,10H,9H2,1-4H3,(H,18,20). The molecule has 0 aromatic heterocycles. The van der Waals surface area contributed by atoms with Crippen LogP contribution in [0.15, 0.2) is 24.3 Å². The molecule has 0 aliphatic rings. The van der Waals surface area contributed by atoms with Gasteiger partial charge in [0, 0.05) is 12.1 Å². The molecule has 4 nitrogen and oxygen atoms in total. The van der Waals surface area contributed by atoms with Gasteiger partial charge in [-0.2, -0.15) is 0 Å². The summed E-state index contributed by atoms with van der Waals surface area (Å²) in [4.78, 5) is 22.8. The summed E-state index contributed by atoms with van der Waals surface area (Å²) in [7, 11) is 0. The number of ether oxygens (including phenoxy) is 1. The molecule has 1 aromatic rings. The number of hydrogen-bond acceptors (Lipinski definition) is 3. The first kappa shape index (κ1) is 16.9. The predicted octanol–water partition coefficient (Wildman–Crippen LogP) is 3.57. The van der Waals surface area contributed by atoms with Crippen molar-refractivity contribution >= 4 is 18.0 Å². The van der Waals surface area contributed by atoms with Crippen LogP contribution in [0.25, 0.3) is 6.08 Å². The van der Waals surface area contributed by atoms with Gasteiger partial charge in [-0.1, -0.05) is 12.2 Å². The van der Waals surface area contributed by atoms with Crippen LogP contribution >= 0.6 is 0 Å². The van der Waals surface area contributed by atoms with E-state index in [9.17, 15) is 14.0 Å². The van der Waals surface area contributed by atoms with Crippen molar-refractivity contribution in [3.8, 4) is 0 Å². The van der Waals surface area contributed by atoms with E-state index in [1.165, 1.54) is 25.1 Å². The zero-order valence-electron chi connectivity index (χ0n) is 12.7. The molecule has 0 spiro atoms. The maximum atomic E-state index is 13.2. The lowest BCUT2D eigenvalue weighted by Crippen LogP contribution is -2.32. The van der Waals surface area contributed by atoms with Gasteiger partial charge in [0.1, 0.15) is 11.4 Å². The number of nitrogens with one attached hydrogen (secondary N) is 1. The summed E-state index contributed by atoms with van der Waals surface area (Å²) in [6.07, 6.45) is 2.70. The fourth-order valence-corrected chi connectivity index (χ4v) is 1.63. The number of carbonyl (C=O) groups is 2. The summed E-state index contributed by atoms with van der Waals surface area (Å²) in [5, 5.41) is 2.55. The molecule has 0 radical (unpaired) electrons. The molecule has 1 N–H and O–H groups in total. The summed E-state index contributed by atoms with van der Waals surface area (Å²) in [5.41, 5.74) is 0.358. The first-order chi connectivity index (χ1) is 9.69. The van der Waals surface area contributed by atoms with Gasteiger partial charge < -0.3 is 10.1 Å². The molecule has 0 heterocycles. The number of benzene rings is 1. The molecule has 0 unspecified atom stereocenters. The molecule has 0 fully saturated rings. The molecule has 0 aliphatic heterocycles. The minimum absolute atomic E-state index is 0.144. The molecular formula is C16H20FNO3. The van der Waals surface area contributed by atoms with Gasteiger partial charge in [0.2, 0.25) is 0 Å². The highest BCUT2D eigenvalue weighted by atomic mass is 19.1. The third kappa shape index (κ3) is 6.21. The number of carbonyl (C=O) groups excluding carboxylic acids is 2. The molecule has 0 saturated carbocycles. The van der Waals surface area contributed by atoms with Gasteiger partial charge in [0.05, 0.1) is 0 Å². The van der Waals surface area contributed by atoms with Crippen LogP contribution in [0.3, 0.4) is 0 Å². The molecule has 0 bridgehead atoms. The van der Waals surface area contributed by atoms with Gasteiger partial charge in [0.15, 0.2) is 5.78 Å². The van der Waals surface area contributed by atoms with E-state index in [1.54, 1.807) is 32.9 Å². The second-order valence-electron chi connectivity index (χ2n) is 5.57. The molecular weight excluding hydrogens is 273 g/mol. The Morgan fingerprint density at radius 2 is 2.00 bits per heavy atom. The van der Waals surface area contributed by atoms with Gasteiger partial charge in [-0.05, 0) is 51.5 Å². The molecule has 0 saturated heterocycles. The van der Waals surface area contributed by atoms with Crippen LogP contribution in [0.5, 0.6) is 0 Å². The SMILES string of the molecule is CC(=O)c1ccc(F)cc1C=CCNC(=O)OC(C)(C)C. The van der Waals surface area contributed by atoms with Crippen LogP contribution in [-0.4, -0.2) is 24.0 Å². The Bertz CT molecular complexity index is 559. The minimum Gasteiger partial charge on any atom is -0.444 e. The van der Waals surface area contributed by atoms with E-state index in [2.05, 4.69) is 5.32 Å². The fourth-order valence-electron chi connectivity index (χ4n) is 1.63. The number of amides is 1. The van der Waals surface area contributed by atoms with E-state index in [1.807, 2.05) is 0 Å². The van der Waals surface area contributed by atoms with Crippen LogP contribution in [0.2, 0.25) is 0 Å². The molecule has 1 amide bonds. The van der Waals surface area contributed by atoms with Crippen molar-refractivity contribution in [1.82, 2.24) is 5.32 Å². The summed E-state index contributed by atoms with van der Waals surface area (Å²) < 4.78 is 18.3. The van der Waals surface area contributed by atoms with Crippen LogP contribution in [0, 0.1) is 5.82 Å². The van der Waals surface area contributed by atoms with Crippen molar-refractivity contribution < 1.29 is 18.7 Å². The van der Waals surface area contributed by atoms with Crippen molar-refractivity contribution in [2.75, 3.05) is 6.54 Å². The number of ketones is 1. The fraction of sp³-hybridized carbons (Fsp3) is 0.375. The van der Waals surface area contributed by atoms with Crippen LogP contribution in [0.1, 0.15) is 43.6 Å². The average Bonchev–Trinajstić information content (AvgIpc) is 2.32. The second kappa shape index (κ2) is 7.02. The van der Waals surface area contributed by atoms with Crippen molar-refractivity contribution in [3.05, 3.63) is 41.2 Å². The third-order valence-electron chi connectivity index (χ3n) is 2.45. The van der Waals surface area contributed by atoms with E-state index in [4.69, 9.17) is 4.74 Å². The van der Waals surface area contributed by atoms with E-state index in [-0.39, 0.29) is 12.3 Å². The van der Waals surface area contributed by atoms with Crippen molar-refractivity contribution in [1.29, 1.82) is 0 Å². The molecule has 1 aromatic carbocycles. The quantitative estimate of drug-likeness (QED) is 0.863. The molecule has 114 valence electrons. The second-order valence-corrected chi connectivity index (χ2v) is 5.57. The third-order valence-corrected chi connectivity index (χ3v) is 2.45. The van der Waals surface area contributed by atoms with E-state index in [0.717, 1.165) is 0 Å². The van der Waals surface area contributed by atoms with E-state index >= 15 is 0 Å². The zero-order chi connectivity index (χ0) is 16.0. The summed E-state index contributed by atoms with van der Waals surface area (Å²) in [6.45, 7) is 6.96. The highest BCUT2D eigenvalue weighted by molar-refractivity contribution is 5.97. The average molecular weight is 293 g/mol. The van der Waals surface area contributed by atoms with Crippen LogP contribution in [-0.2, 0) is 4.74 Å². The van der Waals surface area contributed by atoms with Crippen molar-refractivity contribution in [3.63, 3.8) is 0 Å². The highest BCUT2D eigenvalue weighted by Crippen LogP contribution is 2.14. The van der Waals surface area contributed by atoms with Gasteiger partial charge in [-0.3, -0.25) is 4.79 Å². The van der Waals surface area contributed by atoms with Crippen LogP contribution in [0.4, 0.5) is 9.18 Å². The molecule has 0 aliphatic carbocycles. The Hall–Kier alpha value is -2.17. The Morgan fingerprint density at radius 3 is 2.57 bits per heavy atom. The Kier molecular flexibility index (Phi) is 5.64. The van der Waals surface area contributed by atoms with Gasteiger partial charge >= 0.3 is 6.09 Å². The number of alkyl carbamates (subject to hydrolysis) is 1. The highest BCUT2D eigenvalue weighted by Gasteiger charge is 2.15. The largest absolute Gasteiger partial charge is 0.444 e. The Labute approximate surface area is 124 Å². The lowest BCUT2D eigenvalue weighted by Gasteiger charge is -2.19. The van der Waals surface area contributed by atoms with Gasteiger partial charge in [-0.15, -0.1) is 0 Å². The predicted molar refractivity (Wildman–Crippen MR) is 79.7 cm³/mol.